The Labute approximate surface area is 113 Å². The lowest BCUT2D eigenvalue weighted by Gasteiger charge is -2.09. The van der Waals surface area contributed by atoms with Crippen molar-refractivity contribution in [2.45, 2.75) is 51.2 Å². The Morgan fingerprint density at radius 2 is 1.95 bits per heavy atom. The van der Waals surface area contributed by atoms with E-state index in [9.17, 15) is 9.59 Å². The summed E-state index contributed by atoms with van der Waals surface area (Å²) in [4.78, 5) is 22.6. The van der Waals surface area contributed by atoms with Crippen LogP contribution in [0.25, 0.3) is 0 Å². The third-order valence-corrected chi connectivity index (χ3v) is 3.20. The molecule has 1 saturated heterocycles. The maximum Gasteiger partial charge on any atom is 0.341 e. The molecule has 5 nitrogen and oxygen atoms in total. The molecule has 0 bridgehead atoms. The summed E-state index contributed by atoms with van der Waals surface area (Å²) in [5, 5.41) is 0. The number of carbonyl (C=O) groups excluding carboxylic acids is 2. The number of allylic oxidation sites excluding steroid dienone is 2. The van der Waals surface area contributed by atoms with E-state index in [1.165, 1.54) is 7.11 Å². The Morgan fingerprint density at radius 3 is 2.47 bits per heavy atom. The maximum absolute atomic E-state index is 11.8. The molecule has 1 heterocycles. The Balaban J connectivity index is 2.26. The summed E-state index contributed by atoms with van der Waals surface area (Å²) in [6.45, 7) is 4.02. The first kappa shape index (κ1) is 15.7. The molecule has 1 rings (SSSR count). The van der Waals surface area contributed by atoms with Gasteiger partial charge < -0.3 is 14.2 Å². The lowest BCUT2D eigenvalue weighted by Crippen LogP contribution is -2.29. The Bertz CT molecular complexity index is 350. The molecule has 0 amide bonds. The summed E-state index contributed by atoms with van der Waals surface area (Å²) >= 11 is 0. The number of methoxy groups -OCH3 is 1. The molecule has 0 saturated carbocycles. The lowest BCUT2D eigenvalue weighted by atomic mass is 9.99. The van der Waals surface area contributed by atoms with Crippen LogP contribution in [0.4, 0.5) is 0 Å². The zero-order chi connectivity index (χ0) is 14.3. The number of esters is 2. The van der Waals surface area contributed by atoms with Crippen molar-refractivity contribution >= 4 is 11.9 Å². The predicted octanol–water partition coefficient (Wildman–Crippen LogP) is 2.00. The number of hydrogen-bond donors (Lipinski definition) is 0. The summed E-state index contributed by atoms with van der Waals surface area (Å²) in [5.74, 6) is -0.489. The van der Waals surface area contributed by atoms with E-state index in [1.807, 2.05) is 19.1 Å². The van der Waals surface area contributed by atoms with Crippen LogP contribution in [0.3, 0.4) is 0 Å². The van der Waals surface area contributed by atoms with E-state index < -0.39 is 5.60 Å². The van der Waals surface area contributed by atoms with Crippen molar-refractivity contribution in [3.05, 3.63) is 12.2 Å². The molecular weight excluding hydrogens is 248 g/mol. The van der Waals surface area contributed by atoms with Crippen molar-refractivity contribution in [2.75, 3.05) is 13.7 Å². The molecule has 19 heavy (non-hydrogen) atoms. The van der Waals surface area contributed by atoms with Crippen LogP contribution >= 0.6 is 0 Å². The van der Waals surface area contributed by atoms with Gasteiger partial charge in [0.05, 0.1) is 19.8 Å². The van der Waals surface area contributed by atoms with Gasteiger partial charge in [0.1, 0.15) is 0 Å². The van der Waals surface area contributed by atoms with Gasteiger partial charge >= 0.3 is 11.9 Å². The van der Waals surface area contributed by atoms with Gasteiger partial charge in [0.2, 0.25) is 0 Å². The molecule has 0 aromatic carbocycles. The van der Waals surface area contributed by atoms with Crippen LogP contribution in [0.5, 0.6) is 0 Å². The molecule has 108 valence electrons. The molecule has 0 aromatic rings. The molecule has 0 aliphatic carbocycles. The van der Waals surface area contributed by atoms with Gasteiger partial charge in [-0.25, -0.2) is 4.79 Å². The van der Waals surface area contributed by atoms with Gasteiger partial charge in [-0.05, 0) is 33.1 Å². The average Bonchev–Trinajstić information content (AvgIpc) is 3.05. The molecule has 2 atom stereocenters. The average molecular weight is 270 g/mol. The van der Waals surface area contributed by atoms with Crippen LogP contribution < -0.4 is 0 Å². The zero-order valence-electron chi connectivity index (χ0n) is 11.8. The number of hydrogen-bond acceptors (Lipinski definition) is 5. The van der Waals surface area contributed by atoms with E-state index in [4.69, 9.17) is 9.47 Å². The van der Waals surface area contributed by atoms with E-state index >= 15 is 0 Å². The summed E-state index contributed by atoms with van der Waals surface area (Å²) in [5.41, 5.74) is -0.747. The van der Waals surface area contributed by atoms with Crippen LogP contribution in [0.1, 0.15) is 39.5 Å². The highest BCUT2D eigenvalue weighted by Crippen LogP contribution is 2.41. The minimum atomic E-state index is -0.747. The van der Waals surface area contributed by atoms with Crippen molar-refractivity contribution in [2.24, 2.45) is 0 Å². The highest BCUT2D eigenvalue weighted by Gasteiger charge is 2.60. The first-order valence-corrected chi connectivity index (χ1v) is 6.63. The van der Waals surface area contributed by atoms with Crippen LogP contribution in [-0.4, -0.2) is 37.4 Å². The van der Waals surface area contributed by atoms with Gasteiger partial charge in [-0.3, -0.25) is 4.79 Å². The number of carbonyl (C=O) groups is 2. The van der Waals surface area contributed by atoms with Gasteiger partial charge in [0.15, 0.2) is 5.60 Å². The van der Waals surface area contributed by atoms with Gasteiger partial charge in [-0.1, -0.05) is 12.2 Å². The standard InChI is InChI=1S/C14H22O5/c1-4-18-13(16)14(11(2)19-14)10-8-6-5-7-9-12(15)17-3/h5-6,11H,4,7-10H2,1-3H3/b6-5+. The van der Waals surface area contributed by atoms with E-state index in [2.05, 4.69) is 4.74 Å². The normalized spacial score (nSPS) is 25.3. The third-order valence-electron chi connectivity index (χ3n) is 3.20. The molecule has 0 radical (unpaired) electrons. The third kappa shape index (κ3) is 4.35. The van der Waals surface area contributed by atoms with E-state index in [1.54, 1.807) is 6.92 Å². The second kappa shape index (κ2) is 7.28. The van der Waals surface area contributed by atoms with Crippen molar-refractivity contribution < 1.29 is 23.8 Å². The van der Waals surface area contributed by atoms with E-state index in [-0.39, 0.29) is 18.0 Å². The van der Waals surface area contributed by atoms with E-state index in [0.717, 1.165) is 6.42 Å². The molecule has 2 unspecified atom stereocenters. The summed E-state index contributed by atoms with van der Waals surface area (Å²) in [6.07, 6.45) is 6.17. The fourth-order valence-electron chi connectivity index (χ4n) is 1.95. The topological polar surface area (TPSA) is 65.1 Å². The molecule has 0 N–H and O–H groups in total. The maximum atomic E-state index is 11.8. The molecular formula is C14H22O5. The lowest BCUT2D eigenvalue weighted by molar-refractivity contribution is -0.149. The molecule has 0 aromatic heterocycles. The highest BCUT2D eigenvalue weighted by molar-refractivity contribution is 5.83. The van der Waals surface area contributed by atoms with Crippen LogP contribution in [-0.2, 0) is 23.8 Å². The quantitative estimate of drug-likeness (QED) is 0.383. The predicted molar refractivity (Wildman–Crippen MR) is 69.5 cm³/mol. The van der Waals surface area contributed by atoms with Crippen molar-refractivity contribution in [1.29, 1.82) is 0 Å². The van der Waals surface area contributed by atoms with Crippen LogP contribution in [0.2, 0.25) is 0 Å². The summed E-state index contributed by atoms with van der Waals surface area (Å²) in [7, 11) is 1.38. The van der Waals surface area contributed by atoms with Crippen LogP contribution in [0.15, 0.2) is 12.2 Å². The number of ether oxygens (including phenoxy) is 3. The Hall–Kier alpha value is -1.36. The van der Waals surface area contributed by atoms with Gasteiger partial charge in [0.25, 0.3) is 0 Å². The monoisotopic (exact) mass is 270 g/mol. The molecule has 5 heteroatoms. The van der Waals surface area contributed by atoms with Gasteiger partial charge in [0, 0.05) is 6.42 Å². The first-order chi connectivity index (χ1) is 9.06. The second-order valence-electron chi connectivity index (χ2n) is 4.49. The second-order valence-corrected chi connectivity index (χ2v) is 4.49. The highest BCUT2D eigenvalue weighted by atomic mass is 16.7. The molecule has 0 spiro atoms. The Kier molecular flexibility index (Phi) is 6.02. The minimum absolute atomic E-state index is 0.0741. The SMILES string of the molecule is CCOC(=O)C1(CC/C=C/CCC(=O)OC)OC1C. The van der Waals surface area contributed by atoms with Gasteiger partial charge in [-0.15, -0.1) is 0 Å². The molecule has 1 fully saturated rings. The van der Waals surface area contributed by atoms with Crippen molar-refractivity contribution in [3.63, 3.8) is 0 Å². The first-order valence-electron chi connectivity index (χ1n) is 6.63. The van der Waals surface area contributed by atoms with E-state index in [0.29, 0.717) is 25.9 Å². The van der Waals surface area contributed by atoms with Crippen molar-refractivity contribution in [1.82, 2.24) is 0 Å². The number of rotatable bonds is 8. The van der Waals surface area contributed by atoms with Crippen LogP contribution in [0, 0.1) is 0 Å². The summed E-state index contributed by atoms with van der Waals surface area (Å²) < 4.78 is 15.0. The molecule has 1 aliphatic heterocycles. The number of epoxide rings is 1. The zero-order valence-corrected chi connectivity index (χ0v) is 11.8. The summed E-state index contributed by atoms with van der Waals surface area (Å²) in [6, 6.07) is 0. The molecule has 1 aliphatic rings. The fraction of sp³-hybridized carbons (Fsp3) is 0.714. The fourth-order valence-corrected chi connectivity index (χ4v) is 1.95. The largest absolute Gasteiger partial charge is 0.469 e. The Morgan fingerprint density at radius 1 is 1.32 bits per heavy atom. The smallest absolute Gasteiger partial charge is 0.341 e. The minimum Gasteiger partial charge on any atom is -0.469 e. The van der Waals surface area contributed by atoms with Crippen molar-refractivity contribution in [3.8, 4) is 0 Å². The van der Waals surface area contributed by atoms with Gasteiger partial charge in [-0.2, -0.15) is 0 Å².